The van der Waals surface area contributed by atoms with Crippen molar-refractivity contribution >= 4 is 11.9 Å². The number of aliphatic hydroxyl groups excluding tert-OH is 1. The van der Waals surface area contributed by atoms with Crippen LogP contribution in [0.2, 0.25) is 0 Å². The van der Waals surface area contributed by atoms with Gasteiger partial charge in [-0.2, -0.15) is 0 Å². The monoisotopic (exact) mass is 430 g/mol. The minimum Gasteiger partial charge on any atom is -0.463 e. The molecule has 5 heteroatoms. The highest BCUT2D eigenvalue weighted by molar-refractivity contribution is 5.74. The lowest BCUT2D eigenvalue weighted by atomic mass is 9.82. The van der Waals surface area contributed by atoms with Gasteiger partial charge in [0.05, 0.1) is 5.92 Å². The molecule has 3 aliphatic carbocycles. The number of hydrogen-bond donors (Lipinski definition) is 1. The number of rotatable bonds is 5. The number of esters is 2. The summed E-state index contributed by atoms with van der Waals surface area (Å²) in [6.07, 6.45) is 8.20. The zero-order chi connectivity index (χ0) is 22.3. The third-order valence-corrected chi connectivity index (χ3v) is 8.80. The Labute approximate surface area is 181 Å². The van der Waals surface area contributed by atoms with Gasteiger partial charge in [-0.1, -0.05) is 52.7 Å². The van der Waals surface area contributed by atoms with Gasteiger partial charge in [0.1, 0.15) is 19.3 Å². The van der Waals surface area contributed by atoms with E-state index >= 15 is 0 Å². The highest BCUT2D eigenvalue weighted by Crippen LogP contribution is 2.68. The molecule has 5 nitrogen and oxygen atoms in total. The van der Waals surface area contributed by atoms with E-state index in [1.54, 1.807) is 5.57 Å². The molecule has 0 amide bonds. The van der Waals surface area contributed by atoms with E-state index in [1.807, 2.05) is 0 Å². The molecule has 2 saturated carbocycles. The van der Waals surface area contributed by atoms with E-state index in [2.05, 4.69) is 40.7 Å². The number of ether oxygens (including phenoxy) is 2. The first-order valence-electron chi connectivity index (χ1n) is 11.6. The summed E-state index contributed by atoms with van der Waals surface area (Å²) in [5.74, 6) is -0.0976. The molecule has 3 aliphatic rings. The molecule has 0 saturated heterocycles. The molecule has 0 aromatic heterocycles. The molecule has 1 N–H and O–H groups in total. The van der Waals surface area contributed by atoms with E-state index in [-0.39, 0.29) is 47.3 Å². The number of aliphatic hydroxyl groups is 1. The Morgan fingerprint density at radius 1 is 1.10 bits per heavy atom. The molecular formula is C25H40O5. The van der Waals surface area contributed by atoms with Crippen LogP contribution in [0.15, 0.2) is 11.6 Å². The largest absolute Gasteiger partial charge is 0.463 e. The van der Waals surface area contributed by atoms with Crippen LogP contribution < -0.4 is 0 Å². The molecule has 0 spiro atoms. The normalized spacial score (nSPS) is 38.5. The molecule has 0 bridgehead atoms. The first-order chi connectivity index (χ1) is 13.9. The van der Waals surface area contributed by atoms with Gasteiger partial charge >= 0.3 is 11.9 Å². The second-order valence-electron chi connectivity index (χ2n) is 11.1. The second-order valence-corrected chi connectivity index (χ2v) is 11.1. The summed E-state index contributed by atoms with van der Waals surface area (Å²) < 4.78 is 10.4. The molecule has 6 atom stereocenters. The maximum Gasteiger partial charge on any atom is 0.309 e. The van der Waals surface area contributed by atoms with Gasteiger partial charge < -0.3 is 14.6 Å². The van der Waals surface area contributed by atoms with Crippen LogP contribution in [0.3, 0.4) is 0 Å². The van der Waals surface area contributed by atoms with Crippen molar-refractivity contribution in [1.82, 2.24) is 0 Å². The Morgan fingerprint density at radius 2 is 1.77 bits per heavy atom. The van der Waals surface area contributed by atoms with Gasteiger partial charge in [-0.15, -0.1) is 0 Å². The fourth-order valence-corrected chi connectivity index (χ4v) is 6.84. The lowest BCUT2D eigenvalue weighted by Crippen LogP contribution is -2.58. The Bertz CT molecular complexity index is 710. The summed E-state index contributed by atoms with van der Waals surface area (Å²) in [7, 11) is 0. The predicted octanol–water partition coefficient (Wildman–Crippen LogP) is 4.67. The fraction of sp³-hybridized carbons (Fsp3) is 0.840. The van der Waals surface area contributed by atoms with Crippen molar-refractivity contribution < 1.29 is 24.2 Å². The molecule has 0 aromatic rings. The molecule has 0 radical (unpaired) electrons. The van der Waals surface area contributed by atoms with Gasteiger partial charge in [0, 0.05) is 6.92 Å². The topological polar surface area (TPSA) is 72.8 Å². The fourth-order valence-electron chi connectivity index (χ4n) is 6.84. The Kier molecular flexibility index (Phi) is 6.44. The number of carbonyl (C=O) groups is 2. The summed E-state index contributed by atoms with van der Waals surface area (Å²) in [6, 6.07) is 0. The van der Waals surface area contributed by atoms with E-state index in [1.165, 1.54) is 26.2 Å². The zero-order valence-electron chi connectivity index (χ0n) is 19.6. The van der Waals surface area contributed by atoms with Crippen molar-refractivity contribution in [3.05, 3.63) is 11.6 Å². The summed E-state index contributed by atoms with van der Waals surface area (Å²) in [5.41, 5.74) is 1.76. The first kappa shape index (κ1) is 23.3. The van der Waals surface area contributed by atoms with Crippen LogP contribution in [0, 0.1) is 34.0 Å². The average Bonchev–Trinajstić information content (AvgIpc) is 2.65. The van der Waals surface area contributed by atoms with Crippen LogP contribution in [0.4, 0.5) is 0 Å². The third-order valence-electron chi connectivity index (χ3n) is 8.80. The summed E-state index contributed by atoms with van der Waals surface area (Å²) >= 11 is 0. The molecule has 2 unspecified atom stereocenters. The van der Waals surface area contributed by atoms with Crippen LogP contribution in [-0.4, -0.2) is 36.4 Å². The van der Waals surface area contributed by atoms with Crippen molar-refractivity contribution in [2.45, 2.75) is 86.2 Å². The molecule has 0 aromatic carbocycles. The predicted molar refractivity (Wildman–Crippen MR) is 116 cm³/mol. The van der Waals surface area contributed by atoms with Crippen molar-refractivity contribution in [2.75, 3.05) is 13.2 Å². The van der Waals surface area contributed by atoms with E-state index in [4.69, 9.17) is 9.47 Å². The van der Waals surface area contributed by atoms with Gasteiger partial charge in [0.2, 0.25) is 0 Å². The Balaban J connectivity index is 1.81. The van der Waals surface area contributed by atoms with Gasteiger partial charge in [0.25, 0.3) is 0 Å². The first-order valence-corrected chi connectivity index (χ1v) is 11.6. The molecule has 170 valence electrons. The molecule has 0 heterocycles. The van der Waals surface area contributed by atoms with Gasteiger partial charge in [-0.05, 0) is 60.2 Å². The highest BCUT2D eigenvalue weighted by atomic mass is 16.7. The molecule has 3 rings (SSSR count). The lowest BCUT2D eigenvalue weighted by molar-refractivity contribution is -0.178. The third kappa shape index (κ3) is 3.94. The SMILES string of the molecule is C[13C](=O)OC[13C@H](O)CO[13C](=O)C1[13C@H](C)C[13CH2][C@]2(C)[13CH]3C[13CH2]C[13C](C)(C)C3=[13CH]C[13C@]12C. The summed E-state index contributed by atoms with van der Waals surface area (Å²) in [4.78, 5) is 24.2. The van der Waals surface area contributed by atoms with Gasteiger partial charge in [0.15, 0.2) is 0 Å². The molecule has 2 fully saturated rings. The summed E-state index contributed by atoms with van der Waals surface area (Å²) in [5, 5.41) is 10.0. The smallest absolute Gasteiger partial charge is 0.309 e. The number of hydrogen-bond acceptors (Lipinski definition) is 5. The van der Waals surface area contributed by atoms with E-state index in [9.17, 15) is 14.7 Å². The maximum absolute atomic E-state index is 13.3. The van der Waals surface area contributed by atoms with Crippen LogP contribution in [0.25, 0.3) is 0 Å². The summed E-state index contributed by atoms with van der Waals surface area (Å²) in [6.45, 7) is 12.6. The number of carbonyl (C=O) groups excluding carboxylic acids is 2. The maximum atomic E-state index is 13.3. The Hall–Kier alpha value is -1.36. The van der Waals surface area contributed by atoms with Gasteiger partial charge in [-0.3, -0.25) is 9.59 Å². The number of fused-ring (bicyclic) bond motifs is 3. The molecular weight excluding hydrogens is 390 g/mol. The van der Waals surface area contributed by atoms with Crippen LogP contribution in [0.1, 0.15) is 80.1 Å². The van der Waals surface area contributed by atoms with Crippen LogP contribution in [0.5, 0.6) is 0 Å². The van der Waals surface area contributed by atoms with E-state index in [0.717, 1.165) is 19.3 Å². The van der Waals surface area contributed by atoms with Crippen molar-refractivity contribution in [2.24, 2.45) is 34.0 Å². The quantitative estimate of drug-likeness (QED) is 0.390. The standard InChI is InChI=1S/C25H40O5/c1-16-9-12-24(5)20-8-7-11-23(3,4)19(20)10-13-25(24,6)21(16)22(28)30-15-18(27)14-29-17(2)26/h10,16,18,20-21,27H,7-9,11-15H2,1-6H3/t16-,18+,20?,21?,24-,25-/m1/s1/i7+1,10+1,12+1,16+1,17+1,18+1,20+1,22+1,23+1,25+1. The van der Waals surface area contributed by atoms with Crippen LogP contribution >= 0.6 is 0 Å². The zero-order valence-corrected chi connectivity index (χ0v) is 19.6. The molecule has 0 aliphatic heterocycles. The van der Waals surface area contributed by atoms with Crippen molar-refractivity contribution in [3.63, 3.8) is 0 Å². The van der Waals surface area contributed by atoms with E-state index < -0.39 is 12.1 Å². The van der Waals surface area contributed by atoms with Crippen LogP contribution in [-0.2, 0) is 19.1 Å². The second kappa shape index (κ2) is 8.29. The minimum absolute atomic E-state index is 0.0708. The lowest BCUT2D eigenvalue weighted by Gasteiger charge is -2.63. The van der Waals surface area contributed by atoms with Gasteiger partial charge in [-0.25, -0.2) is 0 Å². The Morgan fingerprint density at radius 3 is 2.43 bits per heavy atom. The minimum atomic E-state index is -0.993. The van der Waals surface area contributed by atoms with E-state index in [0.29, 0.717) is 5.92 Å². The van der Waals surface area contributed by atoms with Crippen molar-refractivity contribution in [3.8, 4) is 0 Å². The highest BCUT2D eigenvalue weighted by Gasteiger charge is 2.62. The average molecular weight is 431 g/mol. The van der Waals surface area contributed by atoms with Crippen molar-refractivity contribution in [1.29, 1.82) is 0 Å². The molecule has 30 heavy (non-hydrogen) atoms. The number of allylic oxidation sites excluding steroid dienone is 2.